The van der Waals surface area contributed by atoms with Gasteiger partial charge in [0.25, 0.3) is 10.0 Å². The molecule has 1 N–H and O–H groups in total. The van der Waals surface area contributed by atoms with E-state index in [-0.39, 0.29) is 4.90 Å². The summed E-state index contributed by atoms with van der Waals surface area (Å²) in [5, 5.41) is 0.900. The van der Waals surface area contributed by atoms with Crippen molar-refractivity contribution in [2.45, 2.75) is 56.8 Å². The normalized spacial score (nSPS) is 11.6. The van der Waals surface area contributed by atoms with Crippen LogP contribution in [-0.2, 0) is 16.4 Å². The van der Waals surface area contributed by atoms with E-state index in [4.69, 9.17) is 0 Å². The molecule has 4 nitrogen and oxygen atoms in total. The van der Waals surface area contributed by atoms with Gasteiger partial charge in [-0.25, -0.2) is 8.42 Å². The van der Waals surface area contributed by atoms with Gasteiger partial charge in [-0.15, -0.1) is 0 Å². The number of aryl methyl sites for hydroxylation is 1. The van der Waals surface area contributed by atoms with Gasteiger partial charge in [0.15, 0.2) is 0 Å². The molecule has 5 heteroatoms. The number of aromatic nitrogens is 1. The molecule has 0 unspecified atom stereocenters. The third-order valence-electron chi connectivity index (χ3n) is 4.93. The van der Waals surface area contributed by atoms with Gasteiger partial charge in [-0.3, -0.25) is 9.71 Å². The standard InChI is InChI=1S/C23H28N2O2S/c1-2-3-4-5-6-7-10-19-14-16-21(17-15-19)28(26,27)25-22-13-8-11-20-12-9-18-24-23(20)22/h8-9,11-18,25H,2-7,10H2,1H3. The van der Waals surface area contributed by atoms with E-state index in [1.165, 1.54) is 37.7 Å². The molecule has 1 heterocycles. The number of para-hydroxylation sites is 1. The number of nitrogens with zero attached hydrogens (tertiary/aromatic N) is 1. The van der Waals surface area contributed by atoms with E-state index in [1.807, 2.05) is 36.4 Å². The minimum absolute atomic E-state index is 0.270. The predicted molar refractivity (Wildman–Crippen MR) is 116 cm³/mol. The molecule has 148 valence electrons. The number of hydrogen-bond acceptors (Lipinski definition) is 3. The molecular formula is C23H28N2O2S. The first-order chi connectivity index (χ1) is 13.6. The summed E-state index contributed by atoms with van der Waals surface area (Å²) in [6, 6.07) is 16.4. The van der Waals surface area contributed by atoms with Crippen molar-refractivity contribution in [1.29, 1.82) is 0 Å². The summed E-state index contributed by atoms with van der Waals surface area (Å²) < 4.78 is 28.2. The van der Waals surface area contributed by atoms with E-state index in [0.29, 0.717) is 11.2 Å². The first kappa shape index (κ1) is 20.3. The van der Waals surface area contributed by atoms with E-state index in [9.17, 15) is 8.42 Å². The third-order valence-corrected chi connectivity index (χ3v) is 6.31. The molecule has 0 bridgehead atoms. The smallest absolute Gasteiger partial charge is 0.261 e. The highest BCUT2D eigenvalue weighted by Crippen LogP contribution is 2.24. The van der Waals surface area contributed by atoms with Crippen molar-refractivity contribution in [3.8, 4) is 0 Å². The van der Waals surface area contributed by atoms with Crippen LogP contribution in [0.5, 0.6) is 0 Å². The molecular weight excluding hydrogens is 368 g/mol. The average Bonchev–Trinajstić information content (AvgIpc) is 2.71. The van der Waals surface area contributed by atoms with E-state index >= 15 is 0 Å². The summed E-state index contributed by atoms with van der Waals surface area (Å²) in [7, 11) is -3.65. The zero-order valence-electron chi connectivity index (χ0n) is 16.4. The van der Waals surface area contributed by atoms with Gasteiger partial charge in [0.1, 0.15) is 0 Å². The Morgan fingerprint density at radius 1 is 0.857 bits per heavy atom. The molecule has 0 radical (unpaired) electrons. The molecule has 2 aromatic carbocycles. The SMILES string of the molecule is CCCCCCCCc1ccc(S(=O)(=O)Nc2cccc3cccnc23)cc1. The van der Waals surface area contributed by atoms with Gasteiger partial charge >= 0.3 is 0 Å². The highest BCUT2D eigenvalue weighted by atomic mass is 32.2. The molecule has 0 atom stereocenters. The lowest BCUT2D eigenvalue weighted by molar-refractivity contribution is 0.601. The lowest BCUT2D eigenvalue weighted by atomic mass is 10.1. The number of anilines is 1. The highest BCUT2D eigenvalue weighted by molar-refractivity contribution is 7.92. The fourth-order valence-corrected chi connectivity index (χ4v) is 4.40. The average molecular weight is 397 g/mol. The lowest BCUT2D eigenvalue weighted by Gasteiger charge is -2.11. The first-order valence-corrected chi connectivity index (χ1v) is 11.5. The van der Waals surface area contributed by atoms with Crippen LogP contribution < -0.4 is 4.72 Å². The van der Waals surface area contributed by atoms with Crippen molar-refractivity contribution < 1.29 is 8.42 Å². The van der Waals surface area contributed by atoms with Gasteiger partial charge in [0, 0.05) is 11.6 Å². The van der Waals surface area contributed by atoms with Crippen LogP contribution in [0.2, 0.25) is 0 Å². The van der Waals surface area contributed by atoms with Crippen molar-refractivity contribution in [3.05, 3.63) is 66.4 Å². The fourth-order valence-electron chi connectivity index (χ4n) is 3.33. The third kappa shape index (κ3) is 5.32. The number of sulfonamides is 1. The number of unbranched alkanes of at least 4 members (excludes halogenated alkanes) is 5. The number of rotatable bonds is 10. The van der Waals surface area contributed by atoms with Gasteiger partial charge in [-0.2, -0.15) is 0 Å². The summed E-state index contributed by atoms with van der Waals surface area (Å²) >= 11 is 0. The van der Waals surface area contributed by atoms with Gasteiger partial charge < -0.3 is 0 Å². The van der Waals surface area contributed by atoms with Crippen LogP contribution in [0.25, 0.3) is 10.9 Å². The van der Waals surface area contributed by atoms with Crippen LogP contribution in [-0.4, -0.2) is 13.4 Å². The van der Waals surface area contributed by atoms with Crippen molar-refractivity contribution >= 4 is 26.6 Å². The van der Waals surface area contributed by atoms with Gasteiger partial charge in [0.2, 0.25) is 0 Å². The number of hydrogen-bond donors (Lipinski definition) is 1. The molecule has 0 spiro atoms. The van der Waals surface area contributed by atoms with Gasteiger partial charge in [-0.05, 0) is 42.7 Å². The Balaban J connectivity index is 1.64. The Kier molecular flexibility index (Phi) is 7.04. The molecule has 1 aromatic heterocycles. The van der Waals surface area contributed by atoms with Crippen LogP contribution in [0.4, 0.5) is 5.69 Å². The second kappa shape index (κ2) is 9.69. The molecule has 0 aliphatic heterocycles. The van der Waals surface area contributed by atoms with Crippen molar-refractivity contribution in [3.63, 3.8) is 0 Å². The zero-order chi connectivity index (χ0) is 19.8. The predicted octanol–water partition coefficient (Wildman–Crippen LogP) is 5.94. The van der Waals surface area contributed by atoms with Crippen LogP contribution in [0.3, 0.4) is 0 Å². The fraction of sp³-hybridized carbons (Fsp3) is 0.348. The number of nitrogens with one attached hydrogen (secondary N) is 1. The molecule has 3 rings (SSSR count). The minimum atomic E-state index is -3.65. The summed E-state index contributed by atoms with van der Waals surface area (Å²) in [4.78, 5) is 4.58. The summed E-state index contributed by atoms with van der Waals surface area (Å²) in [5.41, 5.74) is 2.32. The minimum Gasteiger partial charge on any atom is -0.277 e. The quantitative estimate of drug-likeness (QED) is 0.432. The van der Waals surface area contributed by atoms with Crippen molar-refractivity contribution in [2.24, 2.45) is 0 Å². The molecule has 0 aliphatic carbocycles. The second-order valence-electron chi connectivity index (χ2n) is 7.15. The summed E-state index contributed by atoms with van der Waals surface area (Å²) in [6.45, 7) is 2.22. The van der Waals surface area contributed by atoms with E-state index < -0.39 is 10.0 Å². The Bertz CT molecular complexity index is 993. The van der Waals surface area contributed by atoms with Gasteiger partial charge in [0.05, 0.1) is 16.1 Å². The van der Waals surface area contributed by atoms with Gasteiger partial charge in [-0.1, -0.05) is 69.4 Å². The first-order valence-electron chi connectivity index (χ1n) is 10.1. The van der Waals surface area contributed by atoms with E-state index in [2.05, 4.69) is 16.6 Å². The van der Waals surface area contributed by atoms with E-state index in [1.54, 1.807) is 24.4 Å². The molecule has 28 heavy (non-hydrogen) atoms. The number of pyridine rings is 1. The Hall–Kier alpha value is -2.40. The van der Waals surface area contributed by atoms with E-state index in [0.717, 1.165) is 18.2 Å². The molecule has 0 amide bonds. The summed E-state index contributed by atoms with van der Waals surface area (Å²) in [6.07, 6.45) is 10.2. The number of fused-ring (bicyclic) bond motifs is 1. The highest BCUT2D eigenvalue weighted by Gasteiger charge is 2.15. The maximum Gasteiger partial charge on any atom is 0.261 e. The molecule has 0 aliphatic rings. The monoisotopic (exact) mass is 396 g/mol. The van der Waals surface area contributed by atoms with Crippen molar-refractivity contribution in [2.75, 3.05) is 4.72 Å². The molecule has 0 fully saturated rings. The van der Waals surface area contributed by atoms with Crippen LogP contribution in [0.1, 0.15) is 51.0 Å². The number of benzene rings is 2. The van der Waals surface area contributed by atoms with Crippen LogP contribution in [0, 0.1) is 0 Å². The second-order valence-corrected chi connectivity index (χ2v) is 8.83. The van der Waals surface area contributed by atoms with Crippen LogP contribution in [0.15, 0.2) is 65.7 Å². The van der Waals surface area contributed by atoms with Crippen LogP contribution >= 0.6 is 0 Å². The lowest BCUT2D eigenvalue weighted by Crippen LogP contribution is -2.13. The largest absolute Gasteiger partial charge is 0.277 e. The van der Waals surface area contributed by atoms with Crippen molar-refractivity contribution in [1.82, 2.24) is 4.98 Å². The zero-order valence-corrected chi connectivity index (χ0v) is 17.2. The molecule has 0 saturated heterocycles. The molecule has 3 aromatic rings. The molecule has 0 saturated carbocycles. The maximum absolute atomic E-state index is 12.8. The topological polar surface area (TPSA) is 59.1 Å². The summed E-state index contributed by atoms with van der Waals surface area (Å²) in [5.74, 6) is 0. The Morgan fingerprint density at radius 2 is 1.57 bits per heavy atom. The Labute approximate surface area is 168 Å². The Morgan fingerprint density at radius 3 is 2.36 bits per heavy atom. The maximum atomic E-state index is 12.8.